The van der Waals surface area contributed by atoms with Gasteiger partial charge < -0.3 is 15.0 Å². The van der Waals surface area contributed by atoms with Crippen LogP contribution in [0.3, 0.4) is 0 Å². The molecule has 1 aromatic carbocycles. The fourth-order valence-corrected chi connectivity index (χ4v) is 3.69. The summed E-state index contributed by atoms with van der Waals surface area (Å²) in [6.45, 7) is 0.168. The second kappa shape index (κ2) is 7.62. The summed E-state index contributed by atoms with van der Waals surface area (Å²) in [6, 6.07) is 5.42. The van der Waals surface area contributed by atoms with E-state index in [1.807, 2.05) is 0 Å². The van der Waals surface area contributed by atoms with Crippen molar-refractivity contribution in [3.63, 3.8) is 0 Å². The molecule has 27 heavy (non-hydrogen) atoms. The maximum absolute atomic E-state index is 12.4. The number of hydrogen-bond acceptors (Lipinski definition) is 3. The monoisotopic (exact) mass is 382 g/mol. The second-order valence-corrected chi connectivity index (χ2v) is 6.83. The van der Waals surface area contributed by atoms with Gasteiger partial charge in [-0.1, -0.05) is 18.6 Å². The number of amides is 2. The van der Waals surface area contributed by atoms with Crippen molar-refractivity contribution in [2.75, 3.05) is 7.05 Å². The van der Waals surface area contributed by atoms with E-state index in [-0.39, 0.29) is 36.6 Å². The van der Waals surface area contributed by atoms with Gasteiger partial charge >= 0.3 is 6.36 Å². The first-order valence-corrected chi connectivity index (χ1v) is 8.85. The van der Waals surface area contributed by atoms with E-state index in [0.29, 0.717) is 11.1 Å². The number of nitrogens with one attached hydrogen (secondary N) is 1. The zero-order valence-electron chi connectivity index (χ0n) is 14.9. The van der Waals surface area contributed by atoms with Crippen LogP contribution in [0.1, 0.15) is 37.7 Å². The van der Waals surface area contributed by atoms with Crippen LogP contribution in [-0.4, -0.2) is 36.2 Å². The average Bonchev–Trinajstić information content (AvgIpc) is 2.85. The van der Waals surface area contributed by atoms with E-state index in [4.69, 9.17) is 0 Å². The molecule has 2 aliphatic rings. The molecule has 2 amide bonds. The Bertz CT molecular complexity index is 756. The van der Waals surface area contributed by atoms with Gasteiger partial charge in [-0.15, -0.1) is 13.2 Å². The number of likely N-dealkylation sites (N-methyl/N-ethyl adjacent to an activating group) is 1. The van der Waals surface area contributed by atoms with E-state index in [0.717, 1.165) is 31.3 Å². The van der Waals surface area contributed by atoms with Crippen molar-refractivity contribution in [2.45, 2.75) is 51.1 Å². The molecule has 0 bridgehead atoms. The van der Waals surface area contributed by atoms with Crippen molar-refractivity contribution in [2.24, 2.45) is 0 Å². The maximum atomic E-state index is 12.4. The highest BCUT2D eigenvalue weighted by Crippen LogP contribution is 2.36. The van der Waals surface area contributed by atoms with Crippen LogP contribution in [0.4, 0.5) is 13.2 Å². The largest absolute Gasteiger partial charge is 0.573 e. The number of rotatable bonds is 5. The zero-order chi connectivity index (χ0) is 19.6. The summed E-state index contributed by atoms with van der Waals surface area (Å²) in [4.78, 5) is 26.4. The van der Waals surface area contributed by atoms with Gasteiger partial charge in [0.2, 0.25) is 5.91 Å². The molecule has 1 unspecified atom stereocenters. The van der Waals surface area contributed by atoms with Crippen LogP contribution in [-0.2, 0) is 16.1 Å². The number of benzene rings is 1. The summed E-state index contributed by atoms with van der Waals surface area (Å²) in [7, 11) is 1.77. The Morgan fingerprint density at radius 3 is 2.63 bits per heavy atom. The molecule has 1 saturated carbocycles. The highest BCUT2D eigenvalue weighted by molar-refractivity contribution is 6.02. The number of carbonyl (C=O) groups is 2. The van der Waals surface area contributed by atoms with Gasteiger partial charge in [-0.3, -0.25) is 9.59 Å². The quantitative estimate of drug-likeness (QED) is 0.850. The summed E-state index contributed by atoms with van der Waals surface area (Å²) < 4.78 is 40.3. The predicted octanol–water partition coefficient (Wildman–Crippen LogP) is 3.30. The number of ether oxygens (including phenoxy) is 1. The third-order valence-electron chi connectivity index (χ3n) is 4.99. The summed E-state index contributed by atoms with van der Waals surface area (Å²) >= 11 is 0. The van der Waals surface area contributed by atoms with Gasteiger partial charge in [-0.05, 0) is 42.5 Å². The lowest BCUT2D eigenvalue weighted by molar-refractivity contribution is -0.274. The van der Waals surface area contributed by atoms with Crippen molar-refractivity contribution >= 4 is 11.8 Å². The van der Waals surface area contributed by atoms with E-state index in [2.05, 4.69) is 10.1 Å². The zero-order valence-corrected chi connectivity index (χ0v) is 14.9. The Hall–Kier alpha value is -2.51. The van der Waals surface area contributed by atoms with E-state index < -0.39 is 6.36 Å². The molecule has 0 aromatic heterocycles. The number of carbonyl (C=O) groups excluding carboxylic acids is 2. The molecule has 1 N–H and O–H groups in total. The molecule has 1 atom stereocenters. The van der Waals surface area contributed by atoms with Gasteiger partial charge in [0, 0.05) is 19.2 Å². The number of halogens is 3. The van der Waals surface area contributed by atoms with Crippen molar-refractivity contribution in [1.82, 2.24) is 10.2 Å². The minimum absolute atomic E-state index is 0.0320. The standard InChI is InChI=1S/C19H21F3N2O3/c1-24-16-5-3-2-4-14(16)15(18(24)26)10-17(25)23-11-12-6-8-13(9-7-12)27-19(20,21)22/h6-9,16H,2-5,10-11H2,1H3,(H,23,25). The summed E-state index contributed by atoms with van der Waals surface area (Å²) in [5.74, 6) is -0.672. The third-order valence-corrected chi connectivity index (χ3v) is 4.99. The van der Waals surface area contributed by atoms with Crippen LogP contribution < -0.4 is 10.1 Å². The van der Waals surface area contributed by atoms with E-state index in [1.165, 1.54) is 24.3 Å². The molecule has 5 nitrogen and oxygen atoms in total. The van der Waals surface area contributed by atoms with Crippen molar-refractivity contribution < 1.29 is 27.5 Å². The van der Waals surface area contributed by atoms with Gasteiger partial charge in [0.1, 0.15) is 5.75 Å². The molecule has 146 valence electrons. The molecule has 1 fully saturated rings. The number of alkyl halides is 3. The fourth-order valence-electron chi connectivity index (χ4n) is 3.69. The average molecular weight is 382 g/mol. The molecule has 0 radical (unpaired) electrons. The molecule has 1 aliphatic carbocycles. The molecule has 1 heterocycles. The lowest BCUT2D eigenvalue weighted by atomic mass is 9.88. The number of nitrogens with zero attached hydrogens (tertiary/aromatic N) is 1. The van der Waals surface area contributed by atoms with Crippen LogP contribution in [0.15, 0.2) is 35.4 Å². The Balaban J connectivity index is 1.56. The van der Waals surface area contributed by atoms with Gasteiger partial charge in [0.15, 0.2) is 0 Å². The van der Waals surface area contributed by atoms with Gasteiger partial charge in [0.05, 0.1) is 12.5 Å². The Kier molecular flexibility index (Phi) is 5.43. The fraction of sp³-hybridized carbons (Fsp3) is 0.474. The highest BCUT2D eigenvalue weighted by Gasteiger charge is 2.38. The van der Waals surface area contributed by atoms with Crippen LogP contribution in [0.25, 0.3) is 0 Å². The first kappa shape index (κ1) is 19.3. The molecular weight excluding hydrogens is 361 g/mol. The Morgan fingerprint density at radius 1 is 1.26 bits per heavy atom. The highest BCUT2D eigenvalue weighted by atomic mass is 19.4. The predicted molar refractivity (Wildman–Crippen MR) is 91.6 cm³/mol. The lowest BCUT2D eigenvalue weighted by Crippen LogP contribution is -2.33. The first-order valence-electron chi connectivity index (χ1n) is 8.85. The summed E-state index contributed by atoms with van der Waals surface area (Å²) in [6.07, 6.45) is -0.796. The Morgan fingerprint density at radius 2 is 1.96 bits per heavy atom. The number of fused-ring (bicyclic) bond motifs is 1. The smallest absolute Gasteiger partial charge is 0.406 e. The topological polar surface area (TPSA) is 58.6 Å². The van der Waals surface area contributed by atoms with Gasteiger partial charge in [0.25, 0.3) is 5.91 Å². The second-order valence-electron chi connectivity index (χ2n) is 6.83. The van der Waals surface area contributed by atoms with Gasteiger partial charge in [-0.25, -0.2) is 0 Å². The minimum Gasteiger partial charge on any atom is -0.406 e. The SMILES string of the molecule is CN1C(=O)C(CC(=O)NCc2ccc(OC(F)(F)F)cc2)=C2CCCCC21. The van der Waals surface area contributed by atoms with E-state index in [1.54, 1.807) is 11.9 Å². The minimum atomic E-state index is -4.73. The normalized spacial score (nSPS) is 19.9. The third kappa shape index (κ3) is 4.61. The molecular formula is C19H21F3N2O3. The van der Waals surface area contributed by atoms with Crippen molar-refractivity contribution in [3.05, 3.63) is 41.0 Å². The molecule has 1 aromatic rings. The molecule has 3 rings (SSSR count). The molecule has 1 aliphatic heterocycles. The van der Waals surface area contributed by atoms with E-state index >= 15 is 0 Å². The van der Waals surface area contributed by atoms with Crippen LogP contribution >= 0.6 is 0 Å². The summed E-state index contributed by atoms with van der Waals surface area (Å²) in [5, 5.41) is 2.72. The van der Waals surface area contributed by atoms with Crippen molar-refractivity contribution in [3.8, 4) is 5.75 Å². The maximum Gasteiger partial charge on any atom is 0.573 e. The molecule has 0 spiro atoms. The van der Waals surface area contributed by atoms with E-state index in [9.17, 15) is 22.8 Å². The number of hydrogen-bond donors (Lipinski definition) is 1. The van der Waals surface area contributed by atoms with Crippen LogP contribution in [0, 0.1) is 0 Å². The molecule has 8 heteroatoms. The summed E-state index contributed by atoms with van der Waals surface area (Å²) in [5.41, 5.74) is 2.31. The Labute approximate surface area is 155 Å². The van der Waals surface area contributed by atoms with Crippen molar-refractivity contribution in [1.29, 1.82) is 0 Å². The van der Waals surface area contributed by atoms with Gasteiger partial charge in [-0.2, -0.15) is 0 Å². The van der Waals surface area contributed by atoms with Crippen LogP contribution in [0.2, 0.25) is 0 Å². The molecule has 0 saturated heterocycles. The first-order chi connectivity index (χ1) is 12.7. The van der Waals surface area contributed by atoms with Crippen LogP contribution in [0.5, 0.6) is 5.75 Å². The lowest BCUT2D eigenvalue weighted by Gasteiger charge is -2.26.